The van der Waals surface area contributed by atoms with Crippen molar-refractivity contribution in [1.29, 1.82) is 0 Å². The molecule has 2 fully saturated rings. The maximum absolute atomic E-state index is 12.8. The van der Waals surface area contributed by atoms with Crippen LogP contribution in [0.1, 0.15) is 70.8 Å². The van der Waals surface area contributed by atoms with Crippen LogP contribution in [0, 0.1) is 5.92 Å². The molecule has 1 unspecified atom stereocenters. The average molecular weight is 360 g/mol. The van der Waals surface area contributed by atoms with Gasteiger partial charge in [0.1, 0.15) is 12.3 Å². The molecule has 1 aliphatic heterocycles. The Kier molecular flexibility index (Phi) is 6.23. The lowest BCUT2D eigenvalue weighted by Gasteiger charge is -2.43. The summed E-state index contributed by atoms with van der Waals surface area (Å²) in [5, 5.41) is 10.3. The van der Waals surface area contributed by atoms with E-state index in [0.29, 0.717) is 18.9 Å². The molecule has 0 radical (unpaired) electrons. The Balaban J connectivity index is 1.73. The van der Waals surface area contributed by atoms with Gasteiger partial charge < -0.3 is 9.84 Å². The Bertz CT molecular complexity index is 586. The van der Waals surface area contributed by atoms with Crippen molar-refractivity contribution in [2.45, 2.75) is 83.0 Å². The highest BCUT2D eigenvalue weighted by molar-refractivity contribution is 5.68. The second-order valence-electron chi connectivity index (χ2n) is 8.42. The van der Waals surface area contributed by atoms with Crippen LogP contribution < -0.4 is 0 Å². The van der Waals surface area contributed by atoms with Gasteiger partial charge in [-0.3, -0.25) is 4.90 Å². The van der Waals surface area contributed by atoms with Gasteiger partial charge in [-0.05, 0) is 49.5 Å². The van der Waals surface area contributed by atoms with Gasteiger partial charge in [0, 0.05) is 12.5 Å². The van der Waals surface area contributed by atoms with Gasteiger partial charge in [-0.25, -0.2) is 4.79 Å². The topological polar surface area (TPSA) is 49.8 Å². The molecule has 3 rings (SSSR count). The molecule has 0 bridgehead atoms. The summed E-state index contributed by atoms with van der Waals surface area (Å²) in [6.07, 6.45) is 6.78. The number of amides is 1. The van der Waals surface area contributed by atoms with E-state index in [0.717, 1.165) is 38.5 Å². The number of ether oxygens (including phenoxy) is 1. The van der Waals surface area contributed by atoms with E-state index >= 15 is 0 Å². The van der Waals surface area contributed by atoms with Gasteiger partial charge in [-0.1, -0.05) is 57.0 Å². The normalized spacial score (nSPS) is 27.7. The van der Waals surface area contributed by atoms with Crippen molar-refractivity contribution >= 4 is 6.09 Å². The highest BCUT2D eigenvalue weighted by Crippen LogP contribution is 2.42. The second-order valence-corrected chi connectivity index (χ2v) is 8.42. The van der Waals surface area contributed by atoms with Crippen molar-refractivity contribution in [3.05, 3.63) is 35.9 Å². The molecular weight excluding hydrogens is 326 g/mol. The van der Waals surface area contributed by atoms with Crippen LogP contribution in [0.2, 0.25) is 0 Å². The molecule has 3 atom stereocenters. The van der Waals surface area contributed by atoms with Gasteiger partial charge in [-0.15, -0.1) is 0 Å². The number of carbonyl (C=O) groups excluding carboxylic acids is 1. The number of aliphatic hydroxyl groups excluding tert-OH is 1. The molecule has 0 spiro atoms. The summed E-state index contributed by atoms with van der Waals surface area (Å²) in [6.45, 7) is 5.12. The third-order valence-corrected chi connectivity index (χ3v) is 6.36. The lowest BCUT2D eigenvalue weighted by Crippen LogP contribution is -2.46. The van der Waals surface area contributed by atoms with E-state index < -0.39 is 6.23 Å². The molecule has 4 heteroatoms. The van der Waals surface area contributed by atoms with Crippen molar-refractivity contribution in [2.24, 2.45) is 5.92 Å². The molecule has 144 valence electrons. The van der Waals surface area contributed by atoms with Crippen LogP contribution in [0.3, 0.4) is 0 Å². The summed E-state index contributed by atoms with van der Waals surface area (Å²) in [4.78, 5) is 14.3. The van der Waals surface area contributed by atoms with E-state index in [1.165, 1.54) is 16.9 Å². The number of hydrogen-bond donors (Lipinski definition) is 1. The van der Waals surface area contributed by atoms with E-state index in [1.807, 2.05) is 6.07 Å². The number of benzene rings is 1. The molecule has 1 saturated carbocycles. The predicted molar refractivity (Wildman–Crippen MR) is 103 cm³/mol. The first kappa shape index (κ1) is 19.2. The molecule has 1 amide bonds. The average Bonchev–Trinajstić information content (AvgIpc) is 2.87. The molecule has 1 aromatic rings. The number of hydrogen-bond acceptors (Lipinski definition) is 3. The highest BCUT2D eigenvalue weighted by Gasteiger charge is 2.41. The minimum Gasteiger partial charge on any atom is -0.446 e. The van der Waals surface area contributed by atoms with Crippen molar-refractivity contribution in [1.82, 2.24) is 4.90 Å². The van der Waals surface area contributed by atoms with Crippen LogP contribution in [0.4, 0.5) is 4.79 Å². The summed E-state index contributed by atoms with van der Waals surface area (Å²) < 4.78 is 6.00. The predicted octanol–water partition coefficient (Wildman–Crippen LogP) is 4.85. The van der Waals surface area contributed by atoms with E-state index in [9.17, 15) is 9.90 Å². The zero-order chi connectivity index (χ0) is 18.6. The maximum Gasteiger partial charge on any atom is 0.412 e. The first-order valence-electron chi connectivity index (χ1n) is 10.2. The minimum absolute atomic E-state index is 0.0516. The number of likely N-dealkylation sites (tertiary alicyclic amines) is 1. The Morgan fingerprint density at radius 1 is 1.04 bits per heavy atom. The van der Waals surface area contributed by atoms with Crippen molar-refractivity contribution in [3.8, 4) is 0 Å². The van der Waals surface area contributed by atoms with E-state index in [2.05, 4.69) is 38.1 Å². The lowest BCUT2D eigenvalue weighted by molar-refractivity contribution is -0.0411. The fourth-order valence-corrected chi connectivity index (χ4v) is 4.65. The smallest absolute Gasteiger partial charge is 0.412 e. The fourth-order valence-electron chi connectivity index (χ4n) is 4.65. The molecule has 1 aromatic carbocycles. The first-order valence-corrected chi connectivity index (χ1v) is 10.2. The highest BCUT2D eigenvalue weighted by atomic mass is 16.6. The summed E-state index contributed by atoms with van der Waals surface area (Å²) in [6, 6.07) is 10.5. The largest absolute Gasteiger partial charge is 0.446 e. The van der Waals surface area contributed by atoms with Gasteiger partial charge in [0.15, 0.2) is 0 Å². The van der Waals surface area contributed by atoms with Gasteiger partial charge in [0.2, 0.25) is 0 Å². The van der Waals surface area contributed by atoms with Crippen molar-refractivity contribution < 1.29 is 14.6 Å². The molecule has 1 aliphatic carbocycles. The van der Waals surface area contributed by atoms with Crippen LogP contribution in [-0.4, -0.2) is 35.0 Å². The van der Waals surface area contributed by atoms with Crippen molar-refractivity contribution in [3.63, 3.8) is 0 Å². The first-order chi connectivity index (χ1) is 12.5. The number of aliphatic hydroxyl groups is 1. The second kappa shape index (κ2) is 8.43. The SMILES string of the molecule is CC(C)(c1ccccc1)[C@@H]1CCCC[C@H]1OC(=O)N1CCCCCC1O. The fraction of sp³-hybridized carbons (Fsp3) is 0.682. The molecule has 0 aromatic heterocycles. The Hall–Kier alpha value is -1.55. The summed E-state index contributed by atoms with van der Waals surface area (Å²) >= 11 is 0. The maximum atomic E-state index is 12.8. The summed E-state index contributed by atoms with van der Waals surface area (Å²) in [7, 11) is 0. The Morgan fingerprint density at radius 3 is 2.50 bits per heavy atom. The van der Waals surface area contributed by atoms with Crippen LogP contribution in [0.25, 0.3) is 0 Å². The molecule has 1 N–H and O–H groups in total. The molecule has 26 heavy (non-hydrogen) atoms. The molecule has 1 heterocycles. The zero-order valence-electron chi connectivity index (χ0n) is 16.2. The Labute approximate surface area is 157 Å². The third kappa shape index (κ3) is 4.22. The van der Waals surface area contributed by atoms with E-state index in [-0.39, 0.29) is 17.6 Å². The van der Waals surface area contributed by atoms with Crippen LogP contribution in [0.5, 0.6) is 0 Å². The summed E-state index contributed by atoms with van der Waals surface area (Å²) in [5.74, 6) is 0.298. The molecule has 4 nitrogen and oxygen atoms in total. The van der Waals surface area contributed by atoms with Crippen LogP contribution in [0.15, 0.2) is 30.3 Å². The molecular formula is C22H33NO3. The van der Waals surface area contributed by atoms with E-state index in [1.54, 1.807) is 0 Å². The van der Waals surface area contributed by atoms with Gasteiger partial charge in [0.05, 0.1) is 0 Å². The zero-order valence-corrected chi connectivity index (χ0v) is 16.2. The minimum atomic E-state index is -0.700. The van der Waals surface area contributed by atoms with Gasteiger partial charge in [-0.2, -0.15) is 0 Å². The monoisotopic (exact) mass is 359 g/mol. The third-order valence-electron chi connectivity index (χ3n) is 6.36. The van der Waals surface area contributed by atoms with Gasteiger partial charge >= 0.3 is 6.09 Å². The number of rotatable bonds is 3. The van der Waals surface area contributed by atoms with Crippen LogP contribution in [-0.2, 0) is 10.2 Å². The Morgan fingerprint density at radius 2 is 1.73 bits per heavy atom. The molecule has 2 aliphatic rings. The standard InChI is InChI=1S/C22H33NO3/c1-22(2,17-11-5-3-6-12-17)18-13-8-9-14-19(18)26-21(25)23-16-10-4-7-15-20(23)24/h3,5-6,11-12,18-20,24H,4,7-10,13-16H2,1-2H3/t18-,19-,20?/m1/s1. The quantitative estimate of drug-likeness (QED) is 0.839. The van der Waals surface area contributed by atoms with E-state index in [4.69, 9.17) is 4.74 Å². The molecule has 1 saturated heterocycles. The van der Waals surface area contributed by atoms with Gasteiger partial charge in [0.25, 0.3) is 0 Å². The van der Waals surface area contributed by atoms with Crippen LogP contribution >= 0.6 is 0 Å². The number of nitrogens with zero attached hydrogens (tertiary/aromatic N) is 1. The van der Waals surface area contributed by atoms with Crippen molar-refractivity contribution in [2.75, 3.05) is 6.54 Å². The lowest BCUT2D eigenvalue weighted by atomic mass is 9.66. The summed E-state index contributed by atoms with van der Waals surface area (Å²) in [5.41, 5.74) is 1.24. The number of carbonyl (C=O) groups is 1.